The van der Waals surface area contributed by atoms with Crippen molar-refractivity contribution >= 4 is 23.4 Å². The summed E-state index contributed by atoms with van der Waals surface area (Å²) in [6, 6.07) is 17.3. The molecule has 0 fully saturated rings. The van der Waals surface area contributed by atoms with Gasteiger partial charge in [-0.15, -0.1) is 11.8 Å². The molecule has 2 rings (SSSR count). The summed E-state index contributed by atoms with van der Waals surface area (Å²) in [6.07, 6.45) is 1.49. The summed E-state index contributed by atoms with van der Waals surface area (Å²) in [7, 11) is 1.76. The Morgan fingerprint density at radius 3 is 2.29 bits per heavy atom. The van der Waals surface area contributed by atoms with Crippen molar-refractivity contribution in [1.29, 1.82) is 0 Å². The Balaban J connectivity index is 2.01. The van der Waals surface area contributed by atoms with Crippen LogP contribution in [-0.4, -0.2) is 25.3 Å². The summed E-state index contributed by atoms with van der Waals surface area (Å²) in [5, 5.41) is 0. The van der Waals surface area contributed by atoms with Gasteiger partial charge in [-0.3, -0.25) is 4.79 Å². The van der Waals surface area contributed by atoms with E-state index in [1.165, 1.54) is 4.90 Å². The van der Waals surface area contributed by atoms with Crippen LogP contribution in [0.4, 0.5) is 5.69 Å². The van der Waals surface area contributed by atoms with Crippen molar-refractivity contribution in [3.8, 4) is 5.75 Å². The molecule has 0 saturated heterocycles. The average molecular weight is 301 g/mol. The van der Waals surface area contributed by atoms with Crippen molar-refractivity contribution in [2.75, 3.05) is 18.2 Å². The summed E-state index contributed by atoms with van der Waals surface area (Å²) in [6.45, 7) is 1.77. The van der Waals surface area contributed by atoms with Gasteiger partial charge in [-0.25, -0.2) is 0 Å². The van der Waals surface area contributed by atoms with E-state index in [4.69, 9.17) is 4.74 Å². The fraction of sp³-hybridized carbons (Fsp3) is 0.235. The van der Waals surface area contributed by atoms with E-state index in [0.717, 1.165) is 5.69 Å². The maximum absolute atomic E-state index is 12.4. The first kappa shape index (κ1) is 15.4. The molecule has 21 heavy (non-hydrogen) atoms. The first-order valence-corrected chi connectivity index (χ1v) is 7.97. The highest BCUT2D eigenvalue weighted by Crippen LogP contribution is 2.20. The van der Waals surface area contributed by atoms with Gasteiger partial charge in [-0.05, 0) is 49.6 Å². The molecule has 1 unspecified atom stereocenters. The van der Waals surface area contributed by atoms with Gasteiger partial charge in [0, 0.05) is 17.6 Å². The molecule has 0 radical (unpaired) electrons. The lowest BCUT2D eigenvalue weighted by atomic mass is 10.2. The minimum Gasteiger partial charge on any atom is -0.481 e. The van der Waals surface area contributed by atoms with E-state index in [0.29, 0.717) is 5.75 Å². The number of nitrogens with zero attached hydrogens (tertiary/aromatic N) is 1. The van der Waals surface area contributed by atoms with Crippen LogP contribution in [0.3, 0.4) is 0 Å². The van der Waals surface area contributed by atoms with Crippen LogP contribution in [0.2, 0.25) is 0 Å². The van der Waals surface area contributed by atoms with E-state index in [2.05, 4.69) is 0 Å². The van der Waals surface area contributed by atoms with Gasteiger partial charge in [0.2, 0.25) is 0 Å². The third-order valence-electron chi connectivity index (χ3n) is 3.19. The highest BCUT2D eigenvalue weighted by Gasteiger charge is 2.20. The van der Waals surface area contributed by atoms with Crippen LogP contribution >= 0.6 is 11.8 Å². The maximum atomic E-state index is 12.4. The minimum absolute atomic E-state index is 0.0739. The fourth-order valence-electron chi connectivity index (χ4n) is 1.96. The number of likely N-dealkylation sites (N-methyl/N-ethyl adjacent to an activating group) is 1. The number of anilines is 1. The molecule has 0 aliphatic carbocycles. The summed E-state index contributed by atoms with van der Waals surface area (Å²) in [4.78, 5) is 15.1. The zero-order valence-corrected chi connectivity index (χ0v) is 13.3. The SMILES string of the molecule is CSc1ccc(OC(C)C(=O)N(C)c2ccccc2)cc1. The standard InChI is InChI=1S/C17H19NO2S/c1-13(20-15-9-11-16(21-3)12-10-15)17(19)18(2)14-7-5-4-6-8-14/h4-13H,1-3H3. The highest BCUT2D eigenvalue weighted by atomic mass is 32.2. The number of benzene rings is 2. The first-order chi connectivity index (χ1) is 10.1. The van der Waals surface area contributed by atoms with Crippen LogP contribution in [0.15, 0.2) is 59.5 Å². The van der Waals surface area contributed by atoms with E-state index in [9.17, 15) is 4.79 Å². The monoisotopic (exact) mass is 301 g/mol. The lowest BCUT2D eigenvalue weighted by molar-refractivity contribution is -0.124. The summed E-state index contributed by atoms with van der Waals surface area (Å²) >= 11 is 1.67. The Kier molecular flexibility index (Phi) is 5.28. The Labute approximate surface area is 129 Å². The number of carbonyl (C=O) groups excluding carboxylic acids is 1. The number of para-hydroxylation sites is 1. The van der Waals surface area contributed by atoms with E-state index >= 15 is 0 Å². The molecule has 2 aromatic rings. The molecular formula is C17H19NO2S. The molecule has 4 heteroatoms. The second kappa shape index (κ2) is 7.18. The van der Waals surface area contributed by atoms with Crippen LogP contribution < -0.4 is 9.64 Å². The zero-order valence-electron chi connectivity index (χ0n) is 12.4. The molecule has 0 heterocycles. The predicted octanol–water partition coefficient (Wildman–Crippen LogP) is 3.84. The van der Waals surface area contributed by atoms with Crippen molar-refractivity contribution in [2.24, 2.45) is 0 Å². The van der Waals surface area contributed by atoms with Crippen LogP contribution in [0, 0.1) is 0 Å². The lowest BCUT2D eigenvalue weighted by Crippen LogP contribution is -2.37. The third kappa shape index (κ3) is 4.02. The molecule has 110 valence electrons. The van der Waals surface area contributed by atoms with Crippen molar-refractivity contribution in [3.05, 3.63) is 54.6 Å². The second-order valence-corrected chi connectivity index (χ2v) is 5.55. The number of carbonyl (C=O) groups is 1. The van der Waals surface area contributed by atoms with Gasteiger partial charge in [0.1, 0.15) is 5.75 Å². The highest BCUT2D eigenvalue weighted by molar-refractivity contribution is 7.98. The predicted molar refractivity (Wildman–Crippen MR) is 88.2 cm³/mol. The number of rotatable bonds is 5. The van der Waals surface area contributed by atoms with Gasteiger partial charge in [-0.1, -0.05) is 18.2 Å². The fourth-order valence-corrected chi connectivity index (χ4v) is 2.37. The first-order valence-electron chi connectivity index (χ1n) is 6.75. The molecule has 1 amide bonds. The molecule has 0 aliphatic heterocycles. The molecule has 0 spiro atoms. The second-order valence-electron chi connectivity index (χ2n) is 4.67. The Morgan fingerprint density at radius 1 is 1.10 bits per heavy atom. The lowest BCUT2D eigenvalue weighted by Gasteiger charge is -2.22. The maximum Gasteiger partial charge on any atom is 0.267 e. The Bertz CT molecular complexity index is 583. The van der Waals surface area contributed by atoms with E-state index in [1.54, 1.807) is 30.6 Å². The normalized spacial score (nSPS) is 11.8. The van der Waals surface area contributed by atoms with Crippen LogP contribution in [0.25, 0.3) is 0 Å². The smallest absolute Gasteiger partial charge is 0.267 e. The van der Waals surface area contributed by atoms with Crippen LogP contribution in [0.5, 0.6) is 5.75 Å². The van der Waals surface area contributed by atoms with Gasteiger partial charge < -0.3 is 9.64 Å². The molecule has 2 aromatic carbocycles. The number of thioether (sulfide) groups is 1. The molecule has 0 bridgehead atoms. The van der Waals surface area contributed by atoms with E-state index in [1.807, 2.05) is 60.9 Å². The molecule has 0 aromatic heterocycles. The zero-order chi connectivity index (χ0) is 15.2. The van der Waals surface area contributed by atoms with Crippen molar-refractivity contribution in [1.82, 2.24) is 0 Å². The molecular weight excluding hydrogens is 282 g/mol. The molecule has 3 nitrogen and oxygen atoms in total. The van der Waals surface area contributed by atoms with Gasteiger partial charge in [0.05, 0.1) is 0 Å². The van der Waals surface area contributed by atoms with Gasteiger partial charge >= 0.3 is 0 Å². The summed E-state index contributed by atoms with van der Waals surface area (Å²) in [5.74, 6) is 0.630. The number of hydrogen-bond acceptors (Lipinski definition) is 3. The van der Waals surface area contributed by atoms with Crippen molar-refractivity contribution in [2.45, 2.75) is 17.9 Å². The quantitative estimate of drug-likeness (QED) is 0.786. The summed E-state index contributed by atoms with van der Waals surface area (Å²) < 4.78 is 5.72. The average Bonchev–Trinajstić information content (AvgIpc) is 2.55. The van der Waals surface area contributed by atoms with E-state index in [-0.39, 0.29) is 5.91 Å². The van der Waals surface area contributed by atoms with Crippen LogP contribution in [0.1, 0.15) is 6.92 Å². The minimum atomic E-state index is -0.532. The van der Waals surface area contributed by atoms with Gasteiger partial charge in [0.25, 0.3) is 5.91 Å². The number of amides is 1. The topological polar surface area (TPSA) is 29.5 Å². The number of hydrogen-bond donors (Lipinski definition) is 0. The van der Waals surface area contributed by atoms with Crippen LogP contribution in [-0.2, 0) is 4.79 Å². The van der Waals surface area contributed by atoms with E-state index < -0.39 is 6.10 Å². The largest absolute Gasteiger partial charge is 0.481 e. The van der Waals surface area contributed by atoms with Crippen molar-refractivity contribution in [3.63, 3.8) is 0 Å². The van der Waals surface area contributed by atoms with Crippen molar-refractivity contribution < 1.29 is 9.53 Å². The third-order valence-corrected chi connectivity index (χ3v) is 3.94. The molecule has 0 N–H and O–H groups in total. The van der Waals surface area contributed by atoms with Gasteiger partial charge in [-0.2, -0.15) is 0 Å². The Morgan fingerprint density at radius 2 is 1.71 bits per heavy atom. The Hall–Kier alpha value is -1.94. The number of ether oxygens (including phenoxy) is 1. The molecule has 1 atom stereocenters. The summed E-state index contributed by atoms with van der Waals surface area (Å²) in [5.41, 5.74) is 0.857. The molecule has 0 aliphatic rings. The van der Waals surface area contributed by atoms with Gasteiger partial charge in [0.15, 0.2) is 6.10 Å². The molecule has 0 saturated carbocycles.